The van der Waals surface area contributed by atoms with Gasteiger partial charge in [-0.25, -0.2) is 17.7 Å². The molecule has 1 aliphatic rings. The lowest BCUT2D eigenvalue weighted by atomic mass is 9.98. The van der Waals surface area contributed by atoms with Crippen molar-refractivity contribution in [2.24, 2.45) is 5.92 Å². The van der Waals surface area contributed by atoms with Crippen LogP contribution in [0.2, 0.25) is 0 Å². The largest absolute Gasteiger partial charge is 0.352 e. The highest BCUT2D eigenvalue weighted by Crippen LogP contribution is 2.19. The Hall–Kier alpha value is -1.41. The fourth-order valence-electron chi connectivity index (χ4n) is 2.57. The van der Waals surface area contributed by atoms with Crippen molar-refractivity contribution in [2.75, 3.05) is 19.3 Å². The quantitative estimate of drug-likeness (QED) is 0.833. The number of hydrogen-bond acceptors (Lipinski definition) is 4. The van der Waals surface area contributed by atoms with Crippen molar-refractivity contribution in [3.63, 3.8) is 0 Å². The van der Waals surface area contributed by atoms with Crippen LogP contribution in [-0.2, 0) is 21.4 Å². The van der Waals surface area contributed by atoms with Gasteiger partial charge in [-0.15, -0.1) is 0 Å². The highest BCUT2D eigenvalue weighted by atomic mass is 32.2. The first kappa shape index (κ1) is 16.0. The first-order valence-corrected chi connectivity index (χ1v) is 8.92. The Morgan fingerprint density at radius 2 is 2.29 bits per heavy atom. The Balaban J connectivity index is 1.87. The van der Waals surface area contributed by atoms with Gasteiger partial charge in [-0.2, -0.15) is 0 Å². The fraction of sp³-hybridized carbons (Fsp3) is 0.692. The van der Waals surface area contributed by atoms with E-state index in [1.54, 1.807) is 12.5 Å². The molecule has 0 saturated carbocycles. The van der Waals surface area contributed by atoms with Crippen LogP contribution < -0.4 is 5.32 Å². The molecule has 1 amide bonds. The molecule has 2 unspecified atom stereocenters. The van der Waals surface area contributed by atoms with E-state index in [2.05, 4.69) is 10.3 Å². The number of carbonyl (C=O) groups is 1. The molecule has 7 nitrogen and oxygen atoms in total. The number of rotatable bonds is 5. The van der Waals surface area contributed by atoms with Crippen molar-refractivity contribution in [1.29, 1.82) is 0 Å². The molecule has 8 heteroatoms. The molecule has 0 bridgehead atoms. The summed E-state index contributed by atoms with van der Waals surface area (Å²) in [6, 6.07) is -0.0275. The molecule has 2 atom stereocenters. The molecule has 1 saturated heterocycles. The summed E-state index contributed by atoms with van der Waals surface area (Å²) in [6.07, 6.45) is 7.88. The lowest BCUT2D eigenvalue weighted by Gasteiger charge is -2.30. The van der Waals surface area contributed by atoms with E-state index in [1.807, 2.05) is 17.7 Å². The minimum absolute atomic E-state index is 0.0275. The van der Waals surface area contributed by atoms with E-state index in [0.717, 1.165) is 12.8 Å². The standard InChI is InChI=1S/C13H22N4O3S/c1-11(8-16-7-5-14-10-16)15-13(18)12-4-3-6-17(9-12)21(2,19)20/h5,7,10-12H,3-4,6,8-9H2,1-2H3,(H,15,18). The number of sulfonamides is 1. The van der Waals surface area contributed by atoms with E-state index in [9.17, 15) is 13.2 Å². The molecule has 1 aromatic rings. The Labute approximate surface area is 125 Å². The molecule has 2 heterocycles. The molecule has 1 aliphatic heterocycles. The SMILES string of the molecule is CC(Cn1ccnc1)NC(=O)C1CCCN(S(C)(=O)=O)C1. The molecule has 0 spiro atoms. The van der Waals surface area contributed by atoms with Crippen molar-refractivity contribution in [2.45, 2.75) is 32.4 Å². The Morgan fingerprint density at radius 3 is 2.90 bits per heavy atom. The Morgan fingerprint density at radius 1 is 1.52 bits per heavy atom. The second-order valence-electron chi connectivity index (χ2n) is 5.63. The second-order valence-corrected chi connectivity index (χ2v) is 7.61. The summed E-state index contributed by atoms with van der Waals surface area (Å²) < 4.78 is 26.4. The molecule has 118 valence electrons. The monoisotopic (exact) mass is 314 g/mol. The molecular formula is C13H22N4O3S. The van der Waals surface area contributed by atoms with Crippen LogP contribution in [0.1, 0.15) is 19.8 Å². The normalized spacial score (nSPS) is 21.9. The second kappa shape index (κ2) is 6.57. The predicted molar refractivity (Wildman–Crippen MR) is 79.0 cm³/mol. The first-order chi connectivity index (χ1) is 9.86. The molecule has 0 radical (unpaired) electrons. The third kappa shape index (κ3) is 4.53. The summed E-state index contributed by atoms with van der Waals surface area (Å²) in [5.41, 5.74) is 0. The van der Waals surface area contributed by atoms with Crippen LogP contribution in [0.3, 0.4) is 0 Å². The van der Waals surface area contributed by atoms with Gasteiger partial charge in [-0.3, -0.25) is 4.79 Å². The minimum atomic E-state index is -3.22. The Kier molecular flexibility index (Phi) is 5.00. The number of nitrogens with zero attached hydrogens (tertiary/aromatic N) is 3. The summed E-state index contributed by atoms with van der Waals surface area (Å²) in [4.78, 5) is 16.2. The van der Waals surface area contributed by atoms with E-state index in [-0.39, 0.29) is 24.4 Å². The number of aromatic nitrogens is 2. The van der Waals surface area contributed by atoms with Crippen molar-refractivity contribution >= 4 is 15.9 Å². The predicted octanol–water partition coefficient (Wildman–Crippen LogP) is 0.0594. The van der Waals surface area contributed by atoms with Gasteiger partial charge in [0.05, 0.1) is 18.5 Å². The first-order valence-electron chi connectivity index (χ1n) is 7.07. The van der Waals surface area contributed by atoms with Gasteiger partial charge in [0.2, 0.25) is 15.9 Å². The summed E-state index contributed by atoms with van der Waals surface area (Å²) in [7, 11) is -3.22. The summed E-state index contributed by atoms with van der Waals surface area (Å²) in [5, 5.41) is 2.95. The average Bonchev–Trinajstić information content (AvgIpc) is 2.90. The van der Waals surface area contributed by atoms with Crippen molar-refractivity contribution < 1.29 is 13.2 Å². The zero-order valence-electron chi connectivity index (χ0n) is 12.4. The van der Waals surface area contributed by atoms with Gasteiger partial charge >= 0.3 is 0 Å². The number of amides is 1. The highest BCUT2D eigenvalue weighted by molar-refractivity contribution is 7.88. The summed E-state index contributed by atoms with van der Waals surface area (Å²) in [5.74, 6) is -0.338. The van der Waals surface area contributed by atoms with Gasteiger partial charge in [0, 0.05) is 38.1 Å². The molecule has 21 heavy (non-hydrogen) atoms. The van der Waals surface area contributed by atoms with Gasteiger partial charge in [0.25, 0.3) is 0 Å². The van der Waals surface area contributed by atoms with Crippen LogP contribution in [0.15, 0.2) is 18.7 Å². The van der Waals surface area contributed by atoms with E-state index in [1.165, 1.54) is 10.6 Å². The lowest BCUT2D eigenvalue weighted by Crippen LogP contribution is -2.47. The number of imidazole rings is 1. The van der Waals surface area contributed by atoms with Gasteiger partial charge < -0.3 is 9.88 Å². The van der Waals surface area contributed by atoms with Gasteiger partial charge in [-0.1, -0.05) is 0 Å². The number of nitrogens with one attached hydrogen (secondary N) is 1. The maximum atomic E-state index is 12.3. The number of hydrogen-bond donors (Lipinski definition) is 1. The molecule has 1 fully saturated rings. The van der Waals surface area contributed by atoms with Crippen molar-refractivity contribution in [3.05, 3.63) is 18.7 Å². The van der Waals surface area contributed by atoms with Crippen LogP contribution in [-0.4, -0.2) is 53.6 Å². The topological polar surface area (TPSA) is 84.3 Å². The van der Waals surface area contributed by atoms with Crippen LogP contribution in [0.25, 0.3) is 0 Å². The smallest absolute Gasteiger partial charge is 0.224 e. The molecule has 1 N–H and O–H groups in total. The van der Waals surface area contributed by atoms with E-state index < -0.39 is 10.0 Å². The van der Waals surface area contributed by atoms with Gasteiger partial charge in [0.15, 0.2) is 0 Å². The molecule has 2 rings (SSSR count). The van der Waals surface area contributed by atoms with Crippen LogP contribution in [0.5, 0.6) is 0 Å². The van der Waals surface area contributed by atoms with Gasteiger partial charge in [0.1, 0.15) is 0 Å². The summed E-state index contributed by atoms with van der Waals surface area (Å²) >= 11 is 0. The van der Waals surface area contributed by atoms with E-state index in [0.29, 0.717) is 13.1 Å². The zero-order valence-corrected chi connectivity index (χ0v) is 13.2. The third-order valence-corrected chi connectivity index (χ3v) is 4.93. The van der Waals surface area contributed by atoms with Crippen LogP contribution in [0.4, 0.5) is 0 Å². The van der Waals surface area contributed by atoms with E-state index in [4.69, 9.17) is 0 Å². The van der Waals surface area contributed by atoms with E-state index >= 15 is 0 Å². The number of carbonyl (C=O) groups excluding carboxylic acids is 1. The number of piperidine rings is 1. The summed E-state index contributed by atoms with van der Waals surface area (Å²) in [6.45, 7) is 3.36. The van der Waals surface area contributed by atoms with Crippen LogP contribution >= 0.6 is 0 Å². The average molecular weight is 314 g/mol. The maximum Gasteiger partial charge on any atom is 0.224 e. The highest BCUT2D eigenvalue weighted by Gasteiger charge is 2.30. The van der Waals surface area contributed by atoms with Crippen LogP contribution in [0, 0.1) is 5.92 Å². The minimum Gasteiger partial charge on any atom is -0.352 e. The van der Waals surface area contributed by atoms with Crippen molar-refractivity contribution in [3.8, 4) is 0 Å². The zero-order chi connectivity index (χ0) is 15.5. The Bertz CT molecular complexity index is 570. The van der Waals surface area contributed by atoms with Crippen molar-refractivity contribution in [1.82, 2.24) is 19.2 Å². The third-order valence-electron chi connectivity index (χ3n) is 3.66. The molecular weight excluding hydrogens is 292 g/mol. The van der Waals surface area contributed by atoms with Gasteiger partial charge in [-0.05, 0) is 19.8 Å². The lowest BCUT2D eigenvalue weighted by molar-refractivity contribution is -0.126. The fourth-order valence-corrected chi connectivity index (χ4v) is 3.49. The molecule has 1 aromatic heterocycles. The molecule has 0 aromatic carbocycles. The molecule has 0 aliphatic carbocycles. The maximum absolute atomic E-state index is 12.3.